The summed E-state index contributed by atoms with van der Waals surface area (Å²) in [5, 5.41) is 9.71. The summed E-state index contributed by atoms with van der Waals surface area (Å²) in [6.45, 7) is 0.272. The second-order valence-corrected chi connectivity index (χ2v) is 5.42. The van der Waals surface area contributed by atoms with Gasteiger partial charge in [-0.3, -0.25) is 0 Å². The van der Waals surface area contributed by atoms with Crippen LogP contribution in [-0.2, 0) is 10.0 Å². The SMILES string of the molecule is CS(=O)(=O)n1c(Cl)ccc1C(O)CCN. The molecular weight excluding hydrogens is 240 g/mol. The molecule has 15 heavy (non-hydrogen) atoms. The molecule has 0 saturated heterocycles. The van der Waals surface area contributed by atoms with Crippen molar-refractivity contribution in [3.8, 4) is 0 Å². The van der Waals surface area contributed by atoms with Crippen LogP contribution < -0.4 is 5.73 Å². The second kappa shape index (κ2) is 4.52. The molecule has 1 heterocycles. The lowest BCUT2D eigenvalue weighted by Crippen LogP contribution is -2.17. The Balaban J connectivity index is 3.21. The van der Waals surface area contributed by atoms with E-state index in [9.17, 15) is 13.5 Å². The van der Waals surface area contributed by atoms with E-state index in [0.29, 0.717) is 0 Å². The van der Waals surface area contributed by atoms with Gasteiger partial charge in [0.1, 0.15) is 5.15 Å². The summed E-state index contributed by atoms with van der Waals surface area (Å²) in [6, 6.07) is 2.90. The maximum Gasteiger partial charge on any atom is 0.237 e. The van der Waals surface area contributed by atoms with Gasteiger partial charge in [0.25, 0.3) is 0 Å². The fraction of sp³-hybridized carbons (Fsp3) is 0.500. The second-order valence-electron chi connectivity index (χ2n) is 3.20. The molecule has 1 unspecified atom stereocenters. The van der Waals surface area contributed by atoms with Gasteiger partial charge in [-0.2, -0.15) is 0 Å². The number of aromatic nitrogens is 1. The fourth-order valence-electron chi connectivity index (χ4n) is 1.31. The first-order valence-electron chi connectivity index (χ1n) is 4.33. The minimum atomic E-state index is -3.50. The van der Waals surface area contributed by atoms with Crippen molar-refractivity contribution in [1.29, 1.82) is 0 Å². The Morgan fingerprint density at radius 1 is 1.60 bits per heavy atom. The fourth-order valence-corrected chi connectivity index (χ4v) is 2.79. The highest BCUT2D eigenvalue weighted by Crippen LogP contribution is 2.24. The predicted molar refractivity (Wildman–Crippen MR) is 58.3 cm³/mol. The van der Waals surface area contributed by atoms with E-state index >= 15 is 0 Å². The van der Waals surface area contributed by atoms with Crippen molar-refractivity contribution in [1.82, 2.24) is 3.97 Å². The van der Waals surface area contributed by atoms with E-state index in [1.807, 2.05) is 0 Å². The maximum atomic E-state index is 11.4. The van der Waals surface area contributed by atoms with Gasteiger partial charge in [0, 0.05) is 0 Å². The molecule has 1 atom stereocenters. The van der Waals surface area contributed by atoms with Crippen LogP contribution in [0.15, 0.2) is 12.1 Å². The molecule has 5 nitrogen and oxygen atoms in total. The normalized spacial score (nSPS) is 14.1. The Bertz CT molecular complexity index is 441. The molecule has 0 aliphatic rings. The van der Waals surface area contributed by atoms with Crippen LogP contribution >= 0.6 is 11.6 Å². The third-order valence-electron chi connectivity index (χ3n) is 1.93. The first-order chi connectivity index (χ1) is 6.88. The summed E-state index contributed by atoms with van der Waals surface area (Å²) in [5.74, 6) is 0. The van der Waals surface area contributed by atoms with Crippen molar-refractivity contribution >= 4 is 21.6 Å². The molecule has 0 amide bonds. The molecule has 0 radical (unpaired) electrons. The Kier molecular flexibility index (Phi) is 3.77. The molecule has 1 aromatic heterocycles. The number of hydrogen-bond acceptors (Lipinski definition) is 4. The van der Waals surface area contributed by atoms with Gasteiger partial charge in [0.2, 0.25) is 10.0 Å². The summed E-state index contributed by atoms with van der Waals surface area (Å²) >= 11 is 5.72. The largest absolute Gasteiger partial charge is 0.387 e. The monoisotopic (exact) mass is 252 g/mol. The minimum Gasteiger partial charge on any atom is -0.387 e. The van der Waals surface area contributed by atoms with Crippen molar-refractivity contribution < 1.29 is 13.5 Å². The number of aliphatic hydroxyl groups excluding tert-OH is 1. The first kappa shape index (κ1) is 12.5. The highest BCUT2D eigenvalue weighted by molar-refractivity contribution is 7.89. The van der Waals surface area contributed by atoms with Crippen LogP contribution in [-0.4, -0.2) is 30.3 Å². The molecule has 1 rings (SSSR count). The summed E-state index contributed by atoms with van der Waals surface area (Å²) in [7, 11) is -3.50. The average Bonchev–Trinajstić information content (AvgIpc) is 2.46. The topological polar surface area (TPSA) is 85.3 Å². The van der Waals surface area contributed by atoms with E-state index in [1.54, 1.807) is 0 Å². The Morgan fingerprint density at radius 2 is 2.20 bits per heavy atom. The summed E-state index contributed by atoms with van der Waals surface area (Å²) in [4.78, 5) is 0. The van der Waals surface area contributed by atoms with E-state index in [-0.39, 0.29) is 23.8 Å². The van der Waals surface area contributed by atoms with Crippen LogP contribution in [0, 0.1) is 0 Å². The number of nitrogens with two attached hydrogens (primary N) is 1. The van der Waals surface area contributed by atoms with E-state index in [4.69, 9.17) is 17.3 Å². The molecule has 7 heteroatoms. The van der Waals surface area contributed by atoms with E-state index in [1.165, 1.54) is 12.1 Å². The number of rotatable bonds is 4. The zero-order valence-corrected chi connectivity index (χ0v) is 9.79. The lowest BCUT2D eigenvalue weighted by atomic mass is 10.2. The molecule has 1 aromatic rings. The average molecular weight is 253 g/mol. The van der Waals surface area contributed by atoms with E-state index in [0.717, 1.165) is 10.2 Å². The first-order valence-corrected chi connectivity index (χ1v) is 6.56. The molecule has 0 spiro atoms. The Morgan fingerprint density at radius 3 is 2.67 bits per heavy atom. The molecule has 0 bridgehead atoms. The van der Waals surface area contributed by atoms with Gasteiger partial charge in [-0.25, -0.2) is 12.4 Å². The highest BCUT2D eigenvalue weighted by Gasteiger charge is 2.20. The summed E-state index contributed by atoms with van der Waals surface area (Å²) in [5.41, 5.74) is 5.52. The number of aliphatic hydroxyl groups is 1. The van der Waals surface area contributed by atoms with Crippen molar-refractivity contribution in [2.24, 2.45) is 5.73 Å². The summed E-state index contributed by atoms with van der Waals surface area (Å²) in [6.07, 6.45) is 0.394. The van der Waals surface area contributed by atoms with Gasteiger partial charge in [0.05, 0.1) is 18.1 Å². The molecule has 86 valence electrons. The van der Waals surface area contributed by atoms with E-state index in [2.05, 4.69) is 0 Å². The molecule has 0 fully saturated rings. The quantitative estimate of drug-likeness (QED) is 0.809. The van der Waals surface area contributed by atoms with Crippen LogP contribution in [0.2, 0.25) is 5.15 Å². The van der Waals surface area contributed by atoms with Gasteiger partial charge in [-0.05, 0) is 25.1 Å². The number of nitrogens with zero attached hydrogens (tertiary/aromatic N) is 1. The van der Waals surface area contributed by atoms with Crippen LogP contribution in [0.3, 0.4) is 0 Å². The maximum absolute atomic E-state index is 11.4. The third-order valence-corrected chi connectivity index (χ3v) is 3.40. The number of hydrogen-bond donors (Lipinski definition) is 2. The summed E-state index contributed by atoms with van der Waals surface area (Å²) < 4.78 is 23.7. The van der Waals surface area contributed by atoms with Crippen LogP contribution in [0.25, 0.3) is 0 Å². The van der Waals surface area contributed by atoms with Crippen molar-refractivity contribution in [2.45, 2.75) is 12.5 Å². The Hall–Kier alpha value is -0.560. The smallest absolute Gasteiger partial charge is 0.237 e. The van der Waals surface area contributed by atoms with Crippen molar-refractivity contribution in [3.63, 3.8) is 0 Å². The molecular formula is C8H13ClN2O3S. The molecule has 0 saturated carbocycles. The van der Waals surface area contributed by atoms with Gasteiger partial charge in [0.15, 0.2) is 0 Å². The molecule has 0 aromatic carbocycles. The standard InChI is InChI=1S/C8H13ClN2O3S/c1-15(13,14)11-6(2-3-8(11)9)7(12)4-5-10/h2-3,7,12H,4-5,10H2,1H3. The molecule has 0 aliphatic heterocycles. The highest BCUT2D eigenvalue weighted by atomic mass is 35.5. The van der Waals surface area contributed by atoms with Gasteiger partial charge in [-0.1, -0.05) is 11.6 Å². The van der Waals surface area contributed by atoms with E-state index < -0.39 is 16.1 Å². The Labute approximate surface area is 93.5 Å². The zero-order valence-electron chi connectivity index (χ0n) is 8.22. The van der Waals surface area contributed by atoms with Crippen molar-refractivity contribution in [3.05, 3.63) is 23.0 Å². The van der Waals surface area contributed by atoms with Crippen LogP contribution in [0.5, 0.6) is 0 Å². The van der Waals surface area contributed by atoms with Gasteiger partial charge >= 0.3 is 0 Å². The lowest BCUT2D eigenvalue weighted by Gasteiger charge is -2.12. The van der Waals surface area contributed by atoms with Crippen LogP contribution in [0.4, 0.5) is 0 Å². The molecule has 0 aliphatic carbocycles. The number of halogens is 1. The van der Waals surface area contributed by atoms with Gasteiger partial charge < -0.3 is 10.8 Å². The predicted octanol–water partition coefficient (Wildman–Crippen LogP) is 0.331. The zero-order chi connectivity index (χ0) is 11.6. The van der Waals surface area contributed by atoms with Crippen molar-refractivity contribution in [2.75, 3.05) is 12.8 Å². The third kappa shape index (κ3) is 2.72. The lowest BCUT2D eigenvalue weighted by molar-refractivity contribution is 0.164. The molecule has 3 N–H and O–H groups in total. The van der Waals surface area contributed by atoms with Gasteiger partial charge in [-0.15, -0.1) is 0 Å². The minimum absolute atomic E-state index is 0.0589. The van der Waals surface area contributed by atoms with Crippen LogP contribution in [0.1, 0.15) is 18.2 Å².